The molecule has 3 aromatic rings. The van der Waals surface area contributed by atoms with Gasteiger partial charge in [-0.3, -0.25) is 19.7 Å². The number of imide groups is 1. The second kappa shape index (κ2) is 5.93. The number of para-hydroxylation sites is 1. The van der Waals surface area contributed by atoms with Gasteiger partial charge < -0.3 is 0 Å². The first-order valence-electron chi connectivity index (χ1n) is 7.89. The number of benzene rings is 3. The van der Waals surface area contributed by atoms with Gasteiger partial charge in [-0.15, -0.1) is 0 Å². The van der Waals surface area contributed by atoms with Crippen molar-refractivity contribution in [2.75, 3.05) is 4.90 Å². The van der Waals surface area contributed by atoms with Gasteiger partial charge in [0.1, 0.15) is 0 Å². The maximum Gasteiger partial charge on any atom is 0.269 e. The number of hydrogen-bond donors (Lipinski definition) is 0. The highest BCUT2D eigenvalue weighted by molar-refractivity contribution is 6.34. The Balaban J connectivity index is 1.73. The molecule has 4 rings (SSSR count). The lowest BCUT2D eigenvalue weighted by atomic mass is 10.00. The third kappa shape index (κ3) is 2.44. The monoisotopic (exact) mass is 344 g/mol. The summed E-state index contributed by atoms with van der Waals surface area (Å²) in [6.07, 6.45) is 0. The summed E-state index contributed by atoms with van der Waals surface area (Å²) in [5.74, 6) is -0.730. The van der Waals surface area contributed by atoms with Crippen molar-refractivity contribution in [1.82, 2.24) is 0 Å². The Hall–Kier alpha value is -3.80. The van der Waals surface area contributed by atoms with Gasteiger partial charge in [-0.1, -0.05) is 24.3 Å². The Morgan fingerprint density at radius 2 is 1.35 bits per heavy atom. The lowest BCUT2D eigenvalue weighted by molar-refractivity contribution is -0.384. The van der Waals surface area contributed by atoms with E-state index in [0.29, 0.717) is 16.8 Å². The maximum absolute atomic E-state index is 12.8. The van der Waals surface area contributed by atoms with Gasteiger partial charge in [0.05, 0.1) is 21.7 Å². The van der Waals surface area contributed by atoms with Crippen molar-refractivity contribution >= 4 is 23.2 Å². The molecule has 1 aliphatic heterocycles. The number of anilines is 1. The number of nitro benzene ring substituents is 1. The van der Waals surface area contributed by atoms with Crippen LogP contribution in [0.15, 0.2) is 72.8 Å². The van der Waals surface area contributed by atoms with E-state index in [1.807, 2.05) is 6.07 Å². The molecule has 126 valence electrons. The van der Waals surface area contributed by atoms with Crippen LogP contribution in [0.5, 0.6) is 0 Å². The van der Waals surface area contributed by atoms with E-state index in [1.165, 1.54) is 12.1 Å². The minimum Gasteiger partial charge on any atom is -0.268 e. The van der Waals surface area contributed by atoms with Gasteiger partial charge in [-0.2, -0.15) is 0 Å². The normalized spacial score (nSPS) is 13.0. The van der Waals surface area contributed by atoms with Crippen molar-refractivity contribution in [1.29, 1.82) is 0 Å². The Labute approximate surface area is 148 Å². The number of nitrogens with zero attached hydrogens (tertiary/aromatic N) is 2. The van der Waals surface area contributed by atoms with Crippen molar-refractivity contribution in [2.24, 2.45) is 0 Å². The van der Waals surface area contributed by atoms with Crippen LogP contribution in [-0.4, -0.2) is 16.7 Å². The number of non-ortho nitro benzene ring substituents is 1. The smallest absolute Gasteiger partial charge is 0.268 e. The predicted molar refractivity (Wildman–Crippen MR) is 96.1 cm³/mol. The second-order valence-electron chi connectivity index (χ2n) is 5.85. The maximum atomic E-state index is 12.8. The van der Waals surface area contributed by atoms with Crippen LogP contribution in [0, 0.1) is 10.1 Å². The average molecular weight is 344 g/mol. The molecule has 0 saturated heterocycles. The van der Waals surface area contributed by atoms with Crippen molar-refractivity contribution in [3.63, 3.8) is 0 Å². The summed E-state index contributed by atoms with van der Waals surface area (Å²) in [6, 6.07) is 19.8. The predicted octanol–water partition coefficient (Wildman–Crippen LogP) is 4.06. The number of carbonyl (C=O) groups excluding carboxylic acids is 2. The van der Waals surface area contributed by atoms with E-state index in [0.717, 1.165) is 16.0 Å². The molecule has 2 amide bonds. The molecular weight excluding hydrogens is 332 g/mol. The SMILES string of the molecule is O=C1c2ccc(-c3ccc([N+](=O)[O-])cc3)cc2C(=O)N1c1ccccc1. The molecule has 26 heavy (non-hydrogen) atoms. The van der Waals surface area contributed by atoms with E-state index < -0.39 is 4.92 Å². The van der Waals surface area contributed by atoms with Gasteiger partial charge in [-0.25, -0.2) is 4.90 Å². The van der Waals surface area contributed by atoms with E-state index in [4.69, 9.17) is 0 Å². The molecule has 6 nitrogen and oxygen atoms in total. The molecular formula is C20H12N2O4. The van der Waals surface area contributed by atoms with Gasteiger partial charge in [0, 0.05) is 12.1 Å². The van der Waals surface area contributed by atoms with Crippen LogP contribution in [0.2, 0.25) is 0 Å². The molecule has 0 radical (unpaired) electrons. The van der Waals surface area contributed by atoms with Gasteiger partial charge in [0.25, 0.3) is 17.5 Å². The summed E-state index contributed by atoms with van der Waals surface area (Å²) in [5, 5.41) is 10.8. The standard InChI is InChI=1S/C20H12N2O4/c23-19-17-11-8-14(13-6-9-16(10-7-13)22(25)26)12-18(17)20(24)21(19)15-4-2-1-3-5-15/h1-12H. The zero-order valence-corrected chi connectivity index (χ0v) is 13.5. The molecule has 0 aromatic heterocycles. The highest BCUT2D eigenvalue weighted by Gasteiger charge is 2.36. The highest BCUT2D eigenvalue weighted by atomic mass is 16.6. The lowest BCUT2D eigenvalue weighted by Gasteiger charge is -2.13. The van der Waals surface area contributed by atoms with Crippen LogP contribution >= 0.6 is 0 Å². The number of amides is 2. The van der Waals surface area contributed by atoms with Crippen LogP contribution in [0.25, 0.3) is 11.1 Å². The van der Waals surface area contributed by atoms with Crippen molar-refractivity contribution in [3.8, 4) is 11.1 Å². The summed E-state index contributed by atoms with van der Waals surface area (Å²) in [4.78, 5) is 36.8. The fourth-order valence-corrected chi connectivity index (χ4v) is 3.01. The van der Waals surface area contributed by atoms with E-state index >= 15 is 0 Å². The minimum absolute atomic E-state index is 0.00332. The lowest BCUT2D eigenvalue weighted by Crippen LogP contribution is -2.29. The molecule has 0 spiro atoms. The van der Waals surface area contributed by atoms with Gasteiger partial charge in [-0.05, 0) is 47.5 Å². The molecule has 0 aliphatic carbocycles. The second-order valence-corrected chi connectivity index (χ2v) is 5.85. The third-order valence-electron chi connectivity index (χ3n) is 4.31. The van der Waals surface area contributed by atoms with E-state index in [1.54, 1.807) is 54.6 Å². The summed E-state index contributed by atoms with van der Waals surface area (Å²) >= 11 is 0. The summed E-state index contributed by atoms with van der Waals surface area (Å²) in [6.45, 7) is 0. The van der Waals surface area contributed by atoms with Crippen molar-refractivity contribution in [3.05, 3.63) is 94.0 Å². The Morgan fingerprint density at radius 1 is 0.731 bits per heavy atom. The van der Waals surface area contributed by atoms with E-state index in [9.17, 15) is 19.7 Å². The molecule has 6 heteroatoms. The molecule has 3 aromatic carbocycles. The highest BCUT2D eigenvalue weighted by Crippen LogP contribution is 2.32. The Bertz CT molecular complexity index is 1040. The van der Waals surface area contributed by atoms with E-state index in [-0.39, 0.29) is 17.5 Å². The van der Waals surface area contributed by atoms with E-state index in [2.05, 4.69) is 0 Å². The van der Waals surface area contributed by atoms with Crippen LogP contribution in [-0.2, 0) is 0 Å². The molecule has 0 fully saturated rings. The number of rotatable bonds is 3. The Morgan fingerprint density at radius 3 is 2.00 bits per heavy atom. The zero-order chi connectivity index (χ0) is 18.3. The first-order chi connectivity index (χ1) is 12.6. The number of nitro groups is 1. The Kier molecular flexibility index (Phi) is 3.58. The van der Waals surface area contributed by atoms with Crippen LogP contribution in [0.4, 0.5) is 11.4 Å². The topological polar surface area (TPSA) is 80.5 Å². The van der Waals surface area contributed by atoms with Gasteiger partial charge in [0.2, 0.25) is 0 Å². The molecule has 0 saturated carbocycles. The fourth-order valence-electron chi connectivity index (χ4n) is 3.01. The number of hydrogen-bond acceptors (Lipinski definition) is 4. The third-order valence-corrected chi connectivity index (χ3v) is 4.31. The molecule has 0 atom stereocenters. The summed E-state index contributed by atoms with van der Waals surface area (Å²) in [7, 11) is 0. The van der Waals surface area contributed by atoms with Crippen LogP contribution < -0.4 is 4.90 Å². The molecule has 1 heterocycles. The first kappa shape index (κ1) is 15.7. The summed E-state index contributed by atoms with van der Waals surface area (Å²) < 4.78 is 0. The van der Waals surface area contributed by atoms with Gasteiger partial charge >= 0.3 is 0 Å². The van der Waals surface area contributed by atoms with Gasteiger partial charge in [0.15, 0.2) is 0 Å². The molecule has 0 N–H and O–H groups in total. The number of fused-ring (bicyclic) bond motifs is 1. The first-order valence-corrected chi connectivity index (χ1v) is 7.89. The van der Waals surface area contributed by atoms with Crippen LogP contribution in [0.1, 0.15) is 20.7 Å². The van der Waals surface area contributed by atoms with Crippen molar-refractivity contribution < 1.29 is 14.5 Å². The number of carbonyl (C=O) groups is 2. The fraction of sp³-hybridized carbons (Fsp3) is 0. The van der Waals surface area contributed by atoms with Crippen molar-refractivity contribution in [2.45, 2.75) is 0 Å². The largest absolute Gasteiger partial charge is 0.269 e. The summed E-state index contributed by atoms with van der Waals surface area (Å²) in [5.41, 5.74) is 2.65. The average Bonchev–Trinajstić information content (AvgIpc) is 2.92. The zero-order valence-electron chi connectivity index (χ0n) is 13.5. The van der Waals surface area contributed by atoms with Crippen LogP contribution in [0.3, 0.4) is 0 Å². The molecule has 0 unspecified atom stereocenters. The molecule has 1 aliphatic rings. The molecule has 0 bridgehead atoms. The quantitative estimate of drug-likeness (QED) is 0.408. The minimum atomic E-state index is -0.466.